The summed E-state index contributed by atoms with van der Waals surface area (Å²) in [5.41, 5.74) is -0.153. The molecule has 2 aliphatic heterocycles. The minimum Gasteiger partial charge on any atom is -0.366 e. The lowest BCUT2D eigenvalue weighted by Crippen LogP contribution is -2.43. The SMILES string of the molecule is CC1CCN(CC2CCCN(c3ccc(S(=O)(=O)C(F)F)cc3[N+](=O)[O-])C2)CC1. The molecule has 0 spiro atoms. The Labute approximate surface area is 169 Å². The van der Waals surface area contributed by atoms with Gasteiger partial charge in [-0.3, -0.25) is 10.1 Å². The van der Waals surface area contributed by atoms with E-state index in [0.29, 0.717) is 24.7 Å². The van der Waals surface area contributed by atoms with Crippen LogP contribution in [0.2, 0.25) is 0 Å². The van der Waals surface area contributed by atoms with E-state index in [9.17, 15) is 27.3 Å². The lowest BCUT2D eigenvalue weighted by atomic mass is 9.94. The molecular weight excluding hydrogens is 404 g/mol. The molecule has 2 fully saturated rings. The zero-order valence-corrected chi connectivity index (χ0v) is 17.3. The Hall–Kier alpha value is -1.81. The molecule has 0 amide bonds. The zero-order chi connectivity index (χ0) is 21.2. The van der Waals surface area contributed by atoms with Gasteiger partial charge in [0.2, 0.25) is 9.84 Å². The van der Waals surface area contributed by atoms with Crippen molar-refractivity contribution in [1.29, 1.82) is 0 Å². The van der Waals surface area contributed by atoms with Crippen LogP contribution < -0.4 is 4.90 Å². The summed E-state index contributed by atoms with van der Waals surface area (Å²) in [6.45, 7) is 6.59. The fraction of sp³-hybridized carbons (Fsp3) is 0.684. The van der Waals surface area contributed by atoms with Crippen LogP contribution in [0.3, 0.4) is 0 Å². The molecule has 0 radical (unpaired) electrons. The number of piperidine rings is 2. The normalized spacial score (nSPS) is 22.2. The van der Waals surface area contributed by atoms with Gasteiger partial charge in [-0.15, -0.1) is 0 Å². The van der Waals surface area contributed by atoms with E-state index in [2.05, 4.69) is 11.8 Å². The number of anilines is 1. The Bertz CT molecular complexity index is 842. The number of likely N-dealkylation sites (tertiary alicyclic amines) is 1. The van der Waals surface area contributed by atoms with Gasteiger partial charge in [0, 0.05) is 25.7 Å². The summed E-state index contributed by atoms with van der Waals surface area (Å²) in [4.78, 5) is 14.4. The highest BCUT2D eigenvalue weighted by Gasteiger charge is 2.32. The van der Waals surface area contributed by atoms with Crippen molar-refractivity contribution in [3.05, 3.63) is 28.3 Å². The van der Waals surface area contributed by atoms with E-state index >= 15 is 0 Å². The molecule has 0 aliphatic carbocycles. The van der Waals surface area contributed by atoms with Crippen molar-refractivity contribution in [1.82, 2.24) is 4.90 Å². The van der Waals surface area contributed by atoms with Gasteiger partial charge in [-0.2, -0.15) is 8.78 Å². The maximum atomic E-state index is 12.8. The zero-order valence-electron chi connectivity index (χ0n) is 16.5. The number of sulfone groups is 1. The fourth-order valence-electron chi connectivity index (χ4n) is 4.24. The quantitative estimate of drug-likeness (QED) is 0.506. The molecule has 1 aromatic carbocycles. The molecule has 0 saturated carbocycles. The van der Waals surface area contributed by atoms with E-state index in [4.69, 9.17) is 0 Å². The van der Waals surface area contributed by atoms with Crippen molar-refractivity contribution in [3.63, 3.8) is 0 Å². The summed E-state index contributed by atoms with van der Waals surface area (Å²) < 4.78 is 49.0. The number of halogens is 2. The van der Waals surface area contributed by atoms with E-state index in [1.807, 2.05) is 4.90 Å². The highest BCUT2D eigenvalue weighted by Crippen LogP contribution is 2.35. The Morgan fingerprint density at radius 2 is 1.90 bits per heavy atom. The van der Waals surface area contributed by atoms with E-state index in [-0.39, 0.29) is 0 Å². The molecule has 7 nitrogen and oxygen atoms in total. The summed E-state index contributed by atoms with van der Waals surface area (Å²) in [5.74, 6) is -2.50. The van der Waals surface area contributed by atoms with E-state index < -0.39 is 31.1 Å². The molecule has 1 unspecified atom stereocenters. The summed E-state index contributed by atoms with van der Waals surface area (Å²) in [6, 6.07) is 3.09. The molecule has 1 atom stereocenters. The lowest BCUT2D eigenvalue weighted by Gasteiger charge is -2.38. The summed E-state index contributed by atoms with van der Waals surface area (Å²) in [7, 11) is -4.88. The Morgan fingerprint density at radius 1 is 1.21 bits per heavy atom. The second kappa shape index (κ2) is 8.91. The molecule has 1 aromatic rings. The van der Waals surface area contributed by atoms with Crippen LogP contribution in [-0.2, 0) is 9.84 Å². The van der Waals surface area contributed by atoms with Crippen molar-refractivity contribution in [2.45, 2.75) is 43.3 Å². The van der Waals surface area contributed by atoms with Crippen molar-refractivity contribution in [2.24, 2.45) is 11.8 Å². The average molecular weight is 432 g/mol. The molecule has 2 aliphatic rings. The second-order valence-corrected chi connectivity index (χ2v) is 10.1. The van der Waals surface area contributed by atoms with E-state index in [1.54, 1.807) is 0 Å². The predicted octanol–water partition coefficient (Wildman–Crippen LogP) is 3.54. The number of hydrogen-bond acceptors (Lipinski definition) is 6. The van der Waals surface area contributed by atoms with Crippen LogP contribution in [0.15, 0.2) is 23.1 Å². The van der Waals surface area contributed by atoms with Crippen LogP contribution in [0.4, 0.5) is 20.2 Å². The Balaban J connectivity index is 1.77. The maximum absolute atomic E-state index is 12.8. The Kier molecular flexibility index (Phi) is 6.72. The molecule has 29 heavy (non-hydrogen) atoms. The smallest absolute Gasteiger partial charge is 0.341 e. The van der Waals surface area contributed by atoms with Gasteiger partial charge in [-0.1, -0.05) is 6.92 Å². The number of nitro groups is 1. The first-order chi connectivity index (χ1) is 13.7. The van der Waals surface area contributed by atoms with Crippen LogP contribution in [0.25, 0.3) is 0 Å². The van der Waals surface area contributed by atoms with Crippen molar-refractivity contribution < 1.29 is 22.1 Å². The molecule has 3 rings (SSSR count). The molecule has 162 valence electrons. The van der Waals surface area contributed by atoms with Crippen LogP contribution in [0.5, 0.6) is 0 Å². The molecule has 2 heterocycles. The number of nitro benzene ring substituents is 1. The predicted molar refractivity (Wildman–Crippen MR) is 106 cm³/mol. The molecule has 0 bridgehead atoms. The van der Waals surface area contributed by atoms with Gasteiger partial charge in [0.15, 0.2) is 0 Å². The van der Waals surface area contributed by atoms with Gasteiger partial charge < -0.3 is 9.80 Å². The maximum Gasteiger partial charge on any atom is 0.341 e. The highest BCUT2D eigenvalue weighted by molar-refractivity contribution is 7.91. The summed E-state index contributed by atoms with van der Waals surface area (Å²) in [5, 5.41) is 11.5. The van der Waals surface area contributed by atoms with Gasteiger partial charge in [0.1, 0.15) is 5.69 Å². The largest absolute Gasteiger partial charge is 0.366 e. The number of benzene rings is 1. The molecule has 0 N–H and O–H groups in total. The summed E-state index contributed by atoms with van der Waals surface area (Å²) in [6.07, 6.45) is 4.28. The molecule has 0 aromatic heterocycles. The number of rotatable bonds is 6. The van der Waals surface area contributed by atoms with Crippen LogP contribution in [-0.4, -0.2) is 56.7 Å². The monoisotopic (exact) mass is 431 g/mol. The van der Waals surface area contributed by atoms with Crippen molar-refractivity contribution in [3.8, 4) is 0 Å². The van der Waals surface area contributed by atoms with Crippen molar-refractivity contribution >= 4 is 21.2 Å². The van der Waals surface area contributed by atoms with E-state index in [1.165, 1.54) is 18.9 Å². The fourth-order valence-corrected chi connectivity index (χ4v) is 4.98. The molecule has 2 saturated heterocycles. The van der Waals surface area contributed by atoms with E-state index in [0.717, 1.165) is 50.5 Å². The first-order valence-corrected chi connectivity index (χ1v) is 11.5. The van der Waals surface area contributed by atoms with Crippen molar-refractivity contribution in [2.75, 3.05) is 37.6 Å². The number of nitrogens with zero attached hydrogens (tertiary/aromatic N) is 3. The van der Waals surface area contributed by atoms with Gasteiger partial charge in [0.25, 0.3) is 5.69 Å². The first kappa shape index (κ1) is 21.9. The molecule has 10 heteroatoms. The van der Waals surface area contributed by atoms with Crippen LogP contribution in [0.1, 0.15) is 32.6 Å². The Morgan fingerprint density at radius 3 is 2.52 bits per heavy atom. The van der Waals surface area contributed by atoms with Gasteiger partial charge in [-0.25, -0.2) is 8.42 Å². The minimum atomic E-state index is -4.88. The second-order valence-electron chi connectivity index (χ2n) is 8.15. The molecular formula is C19H27F2N3O4S. The third kappa shape index (κ3) is 5.03. The van der Waals surface area contributed by atoms with Gasteiger partial charge in [-0.05, 0) is 62.7 Å². The topological polar surface area (TPSA) is 83.8 Å². The standard InChI is InChI=1S/C19H27F2N3O4S/c1-14-6-9-22(10-7-14)12-15-3-2-8-23(13-15)17-5-4-16(11-18(17)24(25)26)29(27,28)19(20)21/h4-5,11,14-15,19H,2-3,6-10,12-13H2,1H3. The number of hydrogen-bond donors (Lipinski definition) is 0. The minimum absolute atomic E-state index is 0.292. The third-order valence-electron chi connectivity index (χ3n) is 5.96. The van der Waals surface area contributed by atoms with Crippen LogP contribution in [0, 0.1) is 22.0 Å². The highest BCUT2D eigenvalue weighted by atomic mass is 32.2. The van der Waals surface area contributed by atoms with Crippen LogP contribution >= 0.6 is 0 Å². The lowest BCUT2D eigenvalue weighted by molar-refractivity contribution is -0.384. The summed E-state index contributed by atoms with van der Waals surface area (Å²) >= 11 is 0. The van der Waals surface area contributed by atoms with Gasteiger partial charge in [0.05, 0.1) is 9.82 Å². The first-order valence-electron chi connectivity index (χ1n) is 9.96. The third-order valence-corrected chi connectivity index (χ3v) is 7.34. The van der Waals surface area contributed by atoms with Gasteiger partial charge >= 0.3 is 5.76 Å². The number of alkyl halides is 2. The average Bonchev–Trinajstić information content (AvgIpc) is 2.69.